The van der Waals surface area contributed by atoms with Gasteiger partial charge in [-0.25, -0.2) is 0 Å². The molecule has 0 unspecified atom stereocenters. The lowest BCUT2D eigenvalue weighted by Crippen LogP contribution is -1.92. The average Bonchev–Trinajstić information content (AvgIpc) is 3.21. The SMILES string of the molecule is Nc1n[nH]c2c(-c3cccc(C=O)c3)cnc(-c3ccc(Oc4ccccc4)cc3)c12. The average molecular weight is 406 g/mol. The van der Waals surface area contributed by atoms with Gasteiger partial charge in [-0.3, -0.25) is 14.9 Å². The first-order chi connectivity index (χ1) is 15.2. The molecule has 0 aliphatic carbocycles. The first kappa shape index (κ1) is 18.6. The van der Waals surface area contributed by atoms with E-state index in [2.05, 4.69) is 15.2 Å². The minimum absolute atomic E-state index is 0.371. The van der Waals surface area contributed by atoms with Crippen LogP contribution in [-0.4, -0.2) is 21.5 Å². The van der Waals surface area contributed by atoms with Gasteiger partial charge < -0.3 is 10.5 Å². The van der Waals surface area contributed by atoms with Crippen molar-refractivity contribution in [3.05, 3.63) is 90.6 Å². The minimum Gasteiger partial charge on any atom is -0.457 e. The second-order valence-corrected chi connectivity index (χ2v) is 7.06. The largest absolute Gasteiger partial charge is 0.457 e. The van der Waals surface area contributed by atoms with E-state index in [9.17, 15) is 4.79 Å². The molecule has 5 rings (SSSR count). The summed E-state index contributed by atoms with van der Waals surface area (Å²) in [7, 11) is 0. The molecule has 3 N–H and O–H groups in total. The number of nitrogens with two attached hydrogens (primary N) is 1. The van der Waals surface area contributed by atoms with Crippen molar-refractivity contribution in [2.75, 3.05) is 5.73 Å². The highest BCUT2D eigenvalue weighted by Gasteiger charge is 2.16. The van der Waals surface area contributed by atoms with E-state index in [0.29, 0.717) is 11.4 Å². The number of ether oxygens (including phenoxy) is 1. The standard InChI is InChI=1S/C25H18N4O2/c26-25-22-23(17-9-11-20(12-10-17)31-19-7-2-1-3-8-19)27-14-21(24(22)28-29-25)18-6-4-5-16(13-18)15-30/h1-15H,(H3,26,28,29). The van der Waals surface area contributed by atoms with Gasteiger partial charge in [0.2, 0.25) is 0 Å². The lowest BCUT2D eigenvalue weighted by atomic mass is 10.00. The van der Waals surface area contributed by atoms with Gasteiger partial charge in [0.1, 0.15) is 17.8 Å². The van der Waals surface area contributed by atoms with Crippen LogP contribution in [0.15, 0.2) is 85.1 Å². The zero-order valence-corrected chi connectivity index (χ0v) is 16.4. The van der Waals surface area contributed by atoms with Crippen molar-refractivity contribution >= 4 is 23.0 Å². The number of benzene rings is 3. The summed E-state index contributed by atoms with van der Waals surface area (Å²) in [5.41, 5.74) is 10.9. The van der Waals surface area contributed by atoms with E-state index in [0.717, 1.165) is 51.1 Å². The van der Waals surface area contributed by atoms with Crippen molar-refractivity contribution < 1.29 is 9.53 Å². The number of fused-ring (bicyclic) bond motifs is 1. The summed E-state index contributed by atoms with van der Waals surface area (Å²) in [5, 5.41) is 7.96. The summed E-state index contributed by atoms with van der Waals surface area (Å²) in [5.74, 6) is 1.88. The number of nitrogens with one attached hydrogen (secondary N) is 1. The van der Waals surface area contributed by atoms with Gasteiger partial charge in [0, 0.05) is 22.9 Å². The zero-order valence-electron chi connectivity index (χ0n) is 16.4. The number of H-pyrrole nitrogens is 1. The van der Waals surface area contributed by atoms with Crippen molar-refractivity contribution in [1.29, 1.82) is 0 Å². The predicted molar refractivity (Wildman–Crippen MR) is 121 cm³/mol. The molecule has 6 heteroatoms. The van der Waals surface area contributed by atoms with Crippen molar-refractivity contribution in [1.82, 2.24) is 15.2 Å². The molecule has 150 valence electrons. The van der Waals surface area contributed by atoms with E-state index in [1.165, 1.54) is 0 Å². The van der Waals surface area contributed by atoms with Gasteiger partial charge in [-0.1, -0.05) is 36.4 Å². The van der Waals surface area contributed by atoms with E-state index in [1.54, 1.807) is 12.3 Å². The topological polar surface area (TPSA) is 93.9 Å². The molecule has 2 aromatic heterocycles. The van der Waals surface area contributed by atoms with Gasteiger partial charge >= 0.3 is 0 Å². The van der Waals surface area contributed by atoms with Crippen molar-refractivity contribution in [2.24, 2.45) is 0 Å². The Morgan fingerprint density at radius 1 is 0.871 bits per heavy atom. The third-order valence-corrected chi connectivity index (χ3v) is 5.06. The van der Waals surface area contributed by atoms with Crippen LogP contribution in [-0.2, 0) is 0 Å². The van der Waals surface area contributed by atoms with Crippen LogP contribution in [0, 0.1) is 0 Å². The second-order valence-electron chi connectivity index (χ2n) is 7.06. The Bertz CT molecular complexity index is 1380. The van der Waals surface area contributed by atoms with E-state index < -0.39 is 0 Å². The molecule has 31 heavy (non-hydrogen) atoms. The summed E-state index contributed by atoms with van der Waals surface area (Å²) in [4.78, 5) is 15.9. The van der Waals surface area contributed by atoms with E-state index in [1.807, 2.05) is 72.8 Å². The fraction of sp³-hybridized carbons (Fsp3) is 0. The molecule has 0 fully saturated rings. The molecule has 0 amide bonds. The van der Waals surface area contributed by atoms with Crippen LogP contribution >= 0.6 is 0 Å². The van der Waals surface area contributed by atoms with E-state index >= 15 is 0 Å². The van der Waals surface area contributed by atoms with E-state index in [4.69, 9.17) is 10.5 Å². The molecule has 5 aromatic rings. The Balaban J connectivity index is 1.55. The number of nitrogens with zero attached hydrogens (tertiary/aromatic N) is 2. The number of carbonyl (C=O) groups is 1. The lowest BCUT2D eigenvalue weighted by molar-refractivity contribution is 0.112. The summed E-state index contributed by atoms with van der Waals surface area (Å²) < 4.78 is 5.87. The summed E-state index contributed by atoms with van der Waals surface area (Å²) in [6.07, 6.45) is 2.59. The van der Waals surface area contributed by atoms with Crippen molar-refractivity contribution in [2.45, 2.75) is 0 Å². The van der Waals surface area contributed by atoms with Crippen molar-refractivity contribution in [3.63, 3.8) is 0 Å². The summed E-state index contributed by atoms with van der Waals surface area (Å²) >= 11 is 0. The predicted octanol–water partition coefficient (Wildman–Crippen LogP) is 5.48. The lowest BCUT2D eigenvalue weighted by Gasteiger charge is -2.10. The Morgan fingerprint density at radius 3 is 2.42 bits per heavy atom. The first-order valence-corrected chi connectivity index (χ1v) is 9.74. The number of nitrogen functional groups attached to an aromatic ring is 1. The number of aromatic amines is 1. The number of anilines is 1. The fourth-order valence-electron chi connectivity index (χ4n) is 3.57. The number of carbonyl (C=O) groups excluding carboxylic acids is 1. The highest BCUT2D eigenvalue weighted by atomic mass is 16.5. The Labute approximate surface area is 178 Å². The van der Waals surface area contributed by atoms with Gasteiger partial charge in [-0.15, -0.1) is 0 Å². The fourth-order valence-corrected chi connectivity index (χ4v) is 3.57. The molecule has 0 aliphatic heterocycles. The normalized spacial score (nSPS) is 10.8. The van der Waals surface area contributed by atoms with Crippen LogP contribution in [0.2, 0.25) is 0 Å². The molecule has 2 heterocycles. The van der Waals surface area contributed by atoms with Crippen molar-refractivity contribution in [3.8, 4) is 33.9 Å². The molecule has 0 atom stereocenters. The summed E-state index contributed by atoms with van der Waals surface area (Å²) in [6.45, 7) is 0. The Kier molecular flexibility index (Phi) is 4.65. The highest BCUT2D eigenvalue weighted by molar-refractivity contribution is 6.06. The van der Waals surface area contributed by atoms with E-state index in [-0.39, 0.29) is 0 Å². The molecule has 6 nitrogen and oxygen atoms in total. The minimum atomic E-state index is 0.371. The number of hydrogen-bond acceptors (Lipinski definition) is 5. The van der Waals surface area contributed by atoms with Gasteiger partial charge in [-0.05, 0) is 48.0 Å². The number of hydrogen-bond donors (Lipinski definition) is 2. The molecule has 0 bridgehead atoms. The second kappa shape index (κ2) is 7.76. The first-order valence-electron chi connectivity index (χ1n) is 9.74. The molecule has 0 spiro atoms. The highest BCUT2D eigenvalue weighted by Crippen LogP contribution is 2.36. The summed E-state index contributed by atoms with van der Waals surface area (Å²) in [6, 6.07) is 24.6. The van der Waals surface area contributed by atoms with Crippen LogP contribution in [0.3, 0.4) is 0 Å². The Hall–Kier alpha value is -4.45. The van der Waals surface area contributed by atoms with Crippen LogP contribution in [0.1, 0.15) is 10.4 Å². The maximum absolute atomic E-state index is 11.2. The molecule has 0 aliphatic rings. The number of aldehydes is 1. The quantitative estimate of drug-likeness (QED) is 0.377. The van der Waals surface area contributed by atoms with Gasteiger partial charge in [0.05, 0.1) is 16.6 Å². The third kappa shape index (κ3) is 3.51. The number of pyridine rings is 1. The molecule has 0 saturated heterocycles. The van der Waals surface area contributed by atoms with Crippen LogP contribution in [0.25, 0.3) is 33.3 Å². The van der Waals surface area contributed by atoms with Crippen LogP contribution in [0.5, 0.6) is 11.5 Å². The van der Waals surface area contributed by atoms with Crippen LogP contribution < -0.4 is 10.5 Å². The number of rotatable bonds is 5. The van der Waals surface area contributed by atoms with Gasteiger partial charge in [0.15, 0.2) is 5.82 Å². The molecular formula is C25H18N4O2. The van der Waals surface area contributed by atoms with Gasteiger partial charge in [-0.2, -0.15) is 5.10 Å². The maximum Gasteiger partial charge on any atom is 0.155 e. The molecule has 0 radical (unpaired) electrons. The monoisotopic (exact) mass is 406 g/mol. The molecular weight excluding hydrogens is 388 g/mol. The number of aromatic nitrogens is 3. The smallest absolute Gasteiger partial charge is 0.155 e. The van der Waals surface area contributed by atoms with Gasteiger partial charge in [0.25, 0.3) is 0 Å². The Morgan fingerprint density at radius 2 is 1.65 bits per heavy atom. The maximum atomic E-state index is 11.2. The number of para-hydroxylation sites is 1. The van der Waals surface area contributed by atoms with Crippen LogP contribution in [0.4, 0.5) is 5.82 Å². The third-order valence-electron chi connectivity index (χ3n) is 5.06. The molecule has 0 saturated carbocycles. The zero-order chi connectivity index (χ0) is 21.2. The molecule has 3 aromatic carbocycles.